The minimum absolute atomic E-state index is 0.0257. The number of methoxy groups -OCH3 is 1. The van der Waals surface area contributed by atoms with Crippen LogP contribution in [0.15, 0.2) is 24.3 Å². The zero-order valence-corrected chi connectivity index (χ0v) is 12.7. The maximum Gasteiger partial charge on any atom is 0.318 e. The van der Waals surface area contributed by atoms with Crippen molar-refractivity contribution in [3.05, 3.63) is 29.8 Å². The summed E-state index contributed by atoms with van der Waals surface area (Å²) in [5, 5.41) is 5.83. The molecule has 0 aliphatic carbocycles. The molecule has 22 heavy (non-hydrogen) atoms. The maximum atomic E-state index is 12.5. The van der Waals surface area contributed by atoms with Gasteiger partial charge in [-0.3, -0.25) is 4.79 Å². The number of ether oxygens (including phenoxy) is 1. The van der Waals surface area contributed by atoms with Gasteiger partial charge in [-0.05, 0) is 30.5 Å². The Bertz CT molecular complexity index is 576. The second-order valence-corrected chi connectivity index (χ2v) is 5.81. The number of carbonyl (C=O) groups excluding carboxylic acids is 2. The number of hydrogen-bond donors (Lipinski definition) is 2. The lowest BCUT2D eigenvalue weighted by atomic mass is 10.1. The lowest BCUT2D eigenvalue weighted by molar-refractivity contribution is -0.121. The summed E-state index contributed by atoms with van der Waals surface area (Å²) >= 11 is 0. The fraction of sp³-hybridized carbons (Fsp3) is 0.500. The van der Waals surface area contributed by atoms with Crippen LogP contribution in [0, 0.1) is 0 Å². The fourth-order valence-corrected chi connectivity index (χ4v) is 3.26. The highest BCUT2D eigenvalue weighted by molar-refractivity contribution is 5.81. The second-order valence-electron chi connectivity index (χ2n) is 5.81. The molecule has 3 amide bonds. The molecule has 118 valence electrons. The molecule has 3 rings (SSSR count). The van der Waals surface area contributed by atoms with Crippen LogP contribution in [0.3, 0.4) is 0 Å². The predicted molar refractivity (Wildman–Crippen MR) is 81.5 cm³/mol. The minimum Gasteiger partial charge on any atom is -0.497 e. The molecule has 2 aliphatic heterocycles. The Morgan fingerprint density at radius 1 is 1.41 bits per heavy atom. The first-order valence-electron chi connectivity index (χ1n) is 7.63. The summed E-state index contributed by atoms with van der Waals surface area (Å²) in [6.07, 6.45) is 2.27. The summed E-state index contributed by atoms with van der Waals surface area (Å²) in [4.78, 5) is 25.9. The SMILES string of the molecule is COc1cccc(CNC(=O)N2C3CCC2CC(=O)NC3)c1. The number of benzene rings is 1. The van der Waals surface area contributed by atoms with Crippen LogP contribution in [0.4, 0.5) is 4.79 Å². The Labute approximate surface area is 129 Å². The van der Waals surface area contributed by atoms with Gasteiger partial charge >= 0.3 is 6.03 Å². The molecule has 0 saturated carbocycles. The molecular formula is C16H21N3O3. The molecule has 1 aromatic rings. The molecule has 0 spiro atoms. The van der Waals surface area contributed by atoms with E-state index in [1.54, 1.807) is 7.11 Å². The van der Waals surface area contributed by atoms with Crippen LogP contribution in [0.2, 0.25) is 0 Å². The van der Waals surface area contributed by atoms with E-state index in [9.17, 15) is 9.59 Å². The number of fused-ring (bicyclic) bond motifs is 2. The van der Waals surface area contributed by atoms with Gasteiger partial charge in [-0.1, -0.05) is 12.1 Å². The van der Waals surface area contributed by atoms with Crippen molar-refractivity contribution in [3.63, 3.8) is 0 Å². The van der Waals surface area contributed by atoms with Crippen molar-refractivity contribution in [1.82, 2.24) is 15.5 Å². The van der Waals surface area contributed by atoms with Crippen molar-refractivity contribution in [2.45, 2.75) is 37.9 Å². The van der Waals surface area contributed by atoms with Gasteiger partial charge in [-0.2, -0.15) is 0 Å². The Morgan fingerprint density at radius 3 is 3.05 bits per heavy atom. The van der Waals surface area contributed by atoms with Crippen LogP contribution in [0.5, 0.6) is 5.75 Å². The summed E-state index contributed by atoms with van der Waals surface area (Å²) in [5.41, 5.74) is 0.990. The maximum absolute atomic E-state index is 12.5. The Balaban J connectivity index is 1.63. The van der Waals surface area contributed by atoms with Gasteiger partial charge in [0.1, 0.15) is 5.75 Å². The van der Waals surface area contributed by atoms with Gasteiger partial charge in [-0.15, -0.1) is 0 Å². The third kappa shape index (κ3) is 3.00. The van der Waals surface area contributed by atoms with Crippen LogP contribution >= 0.6 is 0 Å². The molecular weight excluding hydrogens is 282 g/mol. The third-order valence-corrected chi connectivity index (χ3v) is 4.39. The zero-order chi connectivity index (χ0) is 15.5. The highest BCUT2D eigenvalue weighted by Gasteiger charge is 2.40. The van der Waals surface area contributed by atoms with E-state index in [-0.39, 0.29) is 24.0 Å². The highest BCUT2D eigenvalue weighted by atomic mass is 16.5. The van der Waals surface area contributed by atoms with Gasteiger partial charge in [0, 0.05) is 25.6 Å². The quantitative estimate of drug-likeness (QED) is 0.883. The van der Waals surface area contributed by atoms with Crippen molar-refractivity contribution in [2.24, 2.45) is 0 Å². The molecule has 2 unspecified atom stereocenters. The van der Waals surface area contributed by atoms with Crippen LogP contribution < -0.4 is 15.4 Å². The monoisotopic (exact) mass is 303 g/mol. The minimum atomic E-state index is -0.0909. The number of hydrogen-bond acceptors (Lipinski definition) is 3. The first-order valence-corrected chi connectivity index (χ1v) is 7.63. The van der Waals surface area contributed by atoms with Gasteiger partial charge in [-0.25, -0.2) is 4.79 Å². The number of carbonyl (C=O) groups is 2. The van der Waals surface area contributed by atoms with E-state index in [1.807, 2.05) is 29.2 Å². The van der Waals surface area contributed by atoms with Crippen LogP contribution in [0.1, 0.15) is 24.8 Å². The zero-order valence-electron chi connectivity index (χ0n) is 12.7. The van der Waals surface area contributed by atoms with E-state index >= 15 is 0 Å². The fourth-order valence-electron chi connectivity index (χ4n) is 3.26. The van der Waals surface area contributed by atoms with Crippen molar-refractivity contribution in [2.75, 3.05) is 13.7 Å². The highest BCUT2D eigenvalue weighted by Crippen LogP contribution is 2.28. The number of rotatable bonds is 3. The van der Waals surface area contributed by atoms with E-state index < -0.39 is 0 Å². The lowest BCUT2D eigenvalue weighted by Crippen LogP contribution is -2.47. The third-order valence-electron chi connectivity index (χ3n) is 4.39. The predicted octanol–water partition coefficient (Wildman–Crippen LogP) is 1.26. The Kier molecular flexibility index (Phi) is 4.18. The van der Waals surface area contributed by atoms with Gasteiger partial charge in [0.05, 0.1) is 13.2 Å². The number of amides is 3. The largest absolute Gasteiger partial charge is 0.497 e. The molecule has 2 N–H and O–H groups in total. The van der Waals surface area contributed by atoms with Crippen LogP contribution in [0.25, 0.3) is 0 Å². The van der Waals surface area contributed by atoms with Gasteiger partial charge in [0.15, 0.2) is 0 Å². The van der Waals surface area contributed by atoms with Gasteiger partial charge in [0.2, 0.25) is 5.91 Å². The summed E-state index contributed by atoms with van der Waals surface area (Å²) in [5.74, 6) is 0.814. The first kappa shape index (κ1) is 14.7. The molecule has 0 aromatic heterocycles. The first-order chi connectivity index (χ1) is 10.7. The smallest absolute Gasteiger partial charge is 0.318 e. The molecule has 2 saturated heterocycles. The molecule has 1 aromatic carbocycles. The van der Waals surface area contributed by atoms with Crippen LogP contribution in [-0.4, -0.2) is 42.6 Å². The summed E-state index contributed by atoms with van der Waals surface area (Å²) < 4.78 is 5.18. The standard InChI is InChI=1S/C16H21N3O3/c1-22-14-4-2-3-11(7-14)9-18-16(21)19-12-5-6-13(19)10-17-15(20)8-12/h2-4,7,12-13H,5-6,8-10H2,1H3,(H,17,20)(H,18,21). The molecule has 6 nitrogen and oxygen atoms in total. The van der Waals surface area contributed by atoms with E-state index in [2.05, 4.69) is 10.6 Å². The lowest BCUT2D eigenvalue weighted by Gasteiger charge is -2.27. The van der Waals surface area contributed by atoms with Crippen molar-refractivity contribution >= 4 is 11.9 Å². The molecule has 2 atom stereocenters. The summed E-state index contributed by atoms with van der Waals surface area (Å²) in [6, 6.07) is 7.68. The molecule has 2 bridgehead atoms. The van der Waals surface area contributed by atoms with E-state index in [0.717, 1.165) is 24.2 Å². The van der Waals surface area contributed by atoms with E-state index in [1.165, 1.54) is 0 Å². The van der Waals surface area contributed by atoms with Crippen LogP contribution in [-0.2, 0) is 11.3 Å². The van der Waals surface area contributed by atoms with Crippen molar-refractivity contribution in [3.8, 4) is 5.75 Å². The molecule has 2 aliphatic rings. The molecule has 6 heteroatoms. The Hall–Kier alpha value is -2.24. The van der Waals surface area contributed by atoms with E-state index in [4.69, 9.17) is 4.74 Å². The molecule has 2 heterocycles. The van der Waals surface area contributed by atoms with Gasteiger partial charge in [0.25, 0.3) is 0 Å². The number of nitrogens with one attached hydrogen (secondary N) is 2. The summed E-state index contributed by atoms with van der Waals surface area (Å²) in [6.45, 7) is 1.01. The Morgan fingerprint density at radius 2 is 2.23 bits per heavy atom. The summed E-state index contributed by atoms with van der Waals surface area (Å²) in [7, 11) is 1.62. The normalized spacial score (nSPS) is 23.7. The van der Waals surface area contributed by atoms with Crippen molar-refractivity contribution < 1.29 is 14.3 Å². The van der Waals surface area contributed by atoms with Gasteiger partial charge < -0.3 is 20.3 Å². The molecule has 0 radical (unpaired) electrons. The molecule has 2 fully saturated rings. The number of urea groups is 1. The number of nitrogens with zero attached hydrogens (tertiary/aromatic N) is 1. The average molecular weight is 303 g/mol. The van der Waals surface area contributed by atoms with E-state index in [0.29, 0.717) is 19.5 Å². The second kappa shape index (κ2) is 6.25. The average Bonchev–Trinajstić information content (AvgIpc) is 2.84. The topological polar surface area (TPSA) is 70.7 Å². The van der Waals surface area contributed by atoms with Crippen molar-refractivity contribution in [1.29, 1.82) is 0 Å².